The van der Waals surface area contributed by atoms with E-state index in [1.807, 2.05) is 18.2 Å². The van der Waals surface area contributed by atoms with Crippen molar-refractivity contribution < 1.29 is 9.53 Å². The first-order chi connectivity index (χ1) is 9.24. The van der Waals surface area contributed by atoms with E-state index in [4.69, 9.17) is 4.74 Å². The zero-order chi connectivity index (χ0) is 13.7. The summed E-state index contributed by atoms with van der Waals surface area (Å²) in [6, 6.07) is 5.93. The van der Waals surface area contributed by atoms with Crippen LogP contribution >= 0.6 is 0 Å². The van der Waals surface area contributed by atoms with Crippen LogP contribution in [0.5, 0.6) is 5.75 Å². The summed E-state index contributed by atoms with van der Waals surface area (Å²) in [5.74, 6) is 1.44. The number of rotatable bonds is 5. The molecule has 1 fully saturated rings. The Morgan fingerprint density at radius 2 is 2.11 bits per heavy atom. The van der Waals surface area contributed by atoms with Gasteiger partial charge < -0.3 is 10.1 Å². The maximum absolute atomic E-state index is 12.5. The van der Waals surface area contributed by atoms with Crippen molar-refractivity contribution in [2.45, 2.75) is 32.6 Å². The number of hydrogen-bond donors (Lipinski definition) is 1. The van der Waals surface area contributed by atoms with Gasteiger partial charge in [-0.25, -0.2) is 0 Å². The molecule has 0 atom stereocenters. The molecule has 0 saturated carbocycles. The van der Waals surface area contributed by atoms with E-state index in [1.54, 1.807) is 7.11 Å². The SMILES string of the molecule is CCc1ccc(OC)c(C(=O)CC2CCNCC2)c1. The highest BCUT2D eigenvalue weighted by Gasteiger charge is 2.20. The maximum atomic E-state index is 12.5. The van der Waals surface area contributed by atoms with Crippen LogP contribution in [0.4, 0.5) is 0 Å². The Morgan fingerprint density at radius 3 is 2.74 bits per heavy atom. The molecule has 0 radical (unpaired) electrons. The third-order valence-electron chi connectivity index (χ3n) is 3.91. The molecule has 0 aliphatic carbocycles. The summed E-state index contributed by atoms with van der Waals surface area (Å²) < 4.78 is 5.32. The lowest BCUT2D eigenvalue weighted by molar-refractivity contribution is 0.0949. The van der Waals surface area contributed by atoms with Gasteiger partial charge in [-0.15, -0.1) is 0 Å². The Bertz CT molecular complexity index is 436. The number of hydrogen-bond acceptors (Lipinski definition) is 3. The maximum Gasteiger partial charge on any atom is 0.166 e. The lowest BCUT2D eigenvalue weighted by Crippen LogP contribution is -2.29. The number of nitrogens with one attached hydrogen (secondary N) is 1. The number of methoxy groups -OCH3 is 1. The minimum absolute atomic E-state index is 0.221. The van der Waals surface area contributed by atoms with Gasteiger partial charge in [0.05, 0.1) is 12.7 Å². The van der Waals surface area contributed by atoms with Crippen LogP contribution in [0.2, 0.25) is 0 Å². The zero-order valence-electron chi connectivity index (χ0n) is 11.9. The van der Waals surface area contributed by atoms with E-state index in [0.29, 0.717) is 18.1 Å². The minimum Gasteiger partial charge on any atom is -0.496 e. The fraction of sp³-hybridized carbons (Fsp3) is 0.562. The Labute approximate surface area is 115 Å². The molecular weight excluding hydrogens is 238 g/mol. The van der Waals surface area contributed by atoms with E-state index in [1.165, 1.54) is 5.56 Å². The van der Waals surface area contributed by atoms with Gasteiger partial charge >= 0.3 is 0 Å². The number of carbonyl (C=O) groups is 1. The molecule has 104 valence electrons. The molecule has 3 heteroatoms. The van der Waals surface area contributed by atoms with Crippen LogP contribution < -0.4 is 10.1 Å². The summed E-state index contributed by atoms with van der Waals surface area (Å²) in [5, 5.41) is 3.33. The molecule has 1 N–H and O–H groups in total. The van der Waals surface area contributed by atoms with Gasteiger partial charge in [0.1, 0.15) is 5.75 Å². The summed E-state index contributed by atoms with van der Waals surface area (Å²) in [7, 11) is 1.63. The average molecular weight is 261 g/mol. The predicted molar refractivity (Wildman–Crippen MR) is 76.9 cm³/mol. The molecule has 0 spiro atoms. The molecule has 1 aliphatic rings. The van der Waals surface area contributed by atoms with Gasteiger partial charge in [0.25, 0.3) is 0 Å². The van der Waals surface area contributed by atoms with Gasteiger partial charge in [-0.3, -0.25) is 4.79 Å². The van der Waals surface area contributed by atoms with Gasteiger partial charge in [0.2, 0.25) is 0 Å². The lowest BCUT2D eigenvalue weighted by Gasteiger charge is -2.22. The molecular formula is C16H23NO2. The van der Waals surface area contributed by atoms with Crippen molar-refractivity contribution in [3.63, 3.8) is 0 Å². The number of benzene rings is 1. The van der Waals surface area contributed by atoms with Gasteiger partial charge in [0, 0.05) is 6.42 Å². The van der Waals surface area contributed by atoms with E-state index in [2.05, 4.69) is 12.2 Å². The van der Waals surface area contributed by atoms with Crippen LogP contribution in [0.15, 0.2) is 18.2 Å². The van der Waals surface area contributed by atoms with E-state index >= 15 is 0 Å². The van der Waals surface area contributed by atoms with Crippen molar-refractivity contribution in [3.8, 4) is 5.75 Å². The quantitative estimate of drug-likeness (QED) is 0.828. The highest BCUT2D eigenvalue weighted by Crippen LogP contribution is 2.25. The minimum atomic E-state index is 0.221. The average Bonchev–Trinajstić information content (AvgIpc) is 2.47. The van der Waals surface area contributed by atoms with Crippen LogP contribution in [-0.4, -0.2) is 26.0 Å². The van der Waals surface area contributed by atoms with Crippen LogP contribution in [0.3, 0.4) is 0 Å². The molecule has 1 aromatic carbocycles. The van der Waals surface area contributed by atoms with Crippen LogP contribution in [0.1, 0.15) is 42.1 Å². The third kappa shape index (κ3) is 3.57. The van der Waals surface area contributed by atoms with Crippen LogP contribution in [0, 0.1) is 5.92 Å². The fourth-order valence-corrected chi connectivity index (χ4v) is 2.65. The van der Waals surface area contributed by atoms with E-state index < -0.39 is 0 Å². The van der Waals surface area contributed by atoms with Crippen LogP contribution in [0.25, 0.3) is 0 Å². The Hall–Kier alpha value is -1.35. The first-order valence-electron chi connectivity index (χ1n) is 7.15. The molecule has 1 aliphatic heterocycles. The molecule has 3 nitrogen and oxygen atoms in total. The molecule has 0 bridgehead atoms. The monoisotopic (exact) mass is 261 g/mol. The summed E-state index contributed by atoms with van der Waals surface area (Å²) >= 11 is 0. The second-order valence-corrected chi connectivity index (χ2v) is 5.21. The number of ketones is 1. The van der Waals surface area contributed by atoms with Gasteiger partial charge in [-0.05, 0) is 56.0 Å². The number of aryl methyl sites for hydroxylation is 1. The van der Waals surface area contributed by atoms with Gasteiger partial charge in [-0.2, -0.15) is 0 Å². The van der Waals surface area contributed by atoms with Crippen molar-refractivity contribution in [1.29, 1.82) is 0 Å². The second kappa shape index (κ2) is 6.71. The first-order valence-corrected chi connectivity index (χ1v) is 7.15. The van der Waals surface area contributed by atoms with Gasteiger partial charge in [-0.1, -0.05) is 13.0 Å². The van der Waals surface area contributed by atoms with Crippen molar-refractivity contribution >= 4 is 5.78 Å². The molecule has 0 aromatic heterocycles. The smallest absolute Gasteiger partial charge is 0.166 e. The second-order valence-electron chi connectivity index (χ2n) is 5.21. The summed E-state index contributed by atoms with van der Waals surface area (Å²) in [5.41, 5.74) is 1.94. The van der Waals surface area contributed by atoms with Crippen molar-refractivity contribution in [2.24, 2.45) is 5.92 Å². The zero-order valence-corrected chi connectivity index (χ0v) is 11.9. The number of ether oxygens (including phenoxy) is 1. The Kier molecular flexibility index (Phi) is 4.97. The lowest BCUT2D eigenvalue weighted by atomic mass is 9.90. The predicted octanol–water partition coefficient (Wildman–Crippen LogP) is 2.83. The highest BCUT2D eigenvalue weighted by molar-refractivity contribution is 5.99. The molecule has 1 aromatic rings. The topological polar surface area (TPSA) is 38.3 Å². The molecule has 2 rings (SSSR count). The number of piperidine rings is 1. The molecule has 1 saturated heterocycles. The largest absolute Gasteiger partial charge is 0.496 e. The standard InChI is InChI=1S/C16H23NO2/c1-3-12-4-5-16(19-2)14(10-12)15(18)11-13-6-8-17-9-7-13/h4-5,10,13,17H,3,6-9,11H2,1-2H3. The molecule has 0 unspecified atom stereocenters. The fourth-order valence-electron chi connectivity index (χ4n) is 2.65. The normalized spacial score (nSPS) is 16.3. The van der Waals surface area contributed by atoms with Crippen molar-refractivity contribution in [3.05, 3.63) is 29.3 Å². The highest BCUT2D eigenvalue weighted by atomic mass is 16.5. The summed E-state index contributed by atoms with van der Waals surface area (Å²) in [6.45, 7) is 4.16. The Balaban J connectivity index is 2.12. The first kappa shape index (κ1) is 14.1. The number of carbonyl (C=O) groups excluding carboxylic acids is 1. The van der Waals surface area contributed by atoms with E-state index in [9.17, 15) is 4.79 Å². The van der Waals surface area contributed by atoms with Crippen molar-refractivity contribution in [1.82, 2.24) is 5.32 Å². The molecule has 1 heterocycles. The summed E-state index contributed by atoms with van der Waals surface area (Å²) in [6.07, 6.45) is 3.78. The van der Waals surface area contributed by atoms with Crippen molar-refractivity contribution in [2.75, 3.05) is 20.2 Å². The van der Waals surface area contributed by atoms with Gasteiger partial charge in [0.15, 0.2) is 5.78 Å². The van der Waals surface area contributed by atoms with E-state index in [0.717, 1.165) is 37.9 Å². The van der Waals surface area contributed by atoms with Crippen LogP contribution in [-0.2, 0) is 6.42 Å². The third-order valence-corrected chi connectivity index (χ3v) is 3.91. The summed E-state index contributed by atoms with van der Waals surface area (Å²) in [4.78, 5) is 12.5. The molecule has 19 heavy (non-hydrogen) atoms. The number of Topliss-reactive ketones (excluding diaryl/α,β-unsaturated/α-hetero) is 1. The molecule has 0 amide bonds. The van der Waals surface area contributed by atoms with E-state index in [-0.39, 0.29) is 5.78 Å². The Morgan fingerprint density at radius 1 is 1.37 bits per heavy atom.